The number of nitrogens with zero attached hydrogens (tertiary/aromatic N) is 1. The maximum Gasteiger partial charge on any atom is 0.422 e. The fraction of sp³-hybridized carbons (Fsp3) is 0.875. The van der Waals surface area contributed by atoms with E-state index in [1.807, 2.05) is 0 Å². The predicted octanol–water partition coefficient (Wildman–Crippen LogP) is 1.41. The average molecular weight is 227 g/mol. The lowest BCUT2D eigenvalue weighted by Crippen LogP contribution is -2.33. The molecular weight excluding hydrogens is 215 g/mol. The molecule has 0 aliphatic carbocycles. The molecule has 1 unspecified atom stereocenters. The molecule has 0 aromatic carbocycles. The van der Waals surface area contributed by atoms with Crippen LogP contribution in [-0.2, 0) is 9.47 Å². The fourth-order valence-electron chi connectivity index (χ4n) is 1.32. The Morgan fingerprint density at radius 1 is 1.53 bits per heavy atom. The van der Waals surface area contributed by atoms with Gasteiger partial charge in [0.15, 0.2) is 6.61 Å². The summed E-state index contributed by atoms with van der Waals surface area (Å²) in [5.74, 6) is 0. The largest absolute Gasteiger partial charge is 0.440 e. The summed E-state index contributed by atoms with van der Waals surface area (Å²) in [7, 11) is 1.50. The van der Waals surface area contributed by atoms with Crippen LogP contribution in [0.3, 0.4) is 0 Å². The summed E-state index contributed by atoms with van der Waals surface area (Å²) in [6.45, 7) is -0.887. The van der Waals surface area contributed by atoms with Gasteiger partial charge in [0.05, 0.1) is 12.6 Å². The van der Waals surface area contributed by atoms with Crippen LogP contribution in [0.1, 0.15) is 6.42 Å². The highest BCUT2D eigenvalue weighted by Gasteiger charge is 2.32. The monoisotopic (exact) mass is 227 g/mol. The van der Waals surface area contributed by atoms with Crippen molar-refractivity contribution in [2.45, 2.75) is 18.7 Å². The molecule has 0 aromatic heterocycles. The molecule has 0 radical (unpaired) electrons. The van der Waals surface area contributed by atoms with Gasteiger partial charge in [0.1, 0.15) is 0 Å². The summed E-state index contributed by atoms with van der Waals surface area (Å²) in [4.78, 5) is 12.3. The highest BCUT2D eigenvalue weighted by atomic mass is 19.4. The van der Waals surface area contributed by atoms with Gasteiger partial charge in [-0.3, -0.25) is 0 Å². The molecule has 0 bridgehead atoms. The van der Waals surface area contributed by atoms with Crippen LogP contribution in [0.15, 0.2) is 0 Å². The number of carbonyl (C=O) groups is 1. The first-order valence-electron chi connectivity index (χ1n) is 4.43. The van der Waals surface area contributed by atoms with Crippen LogP contribution in [0.2, 0.25) is 0 Å². The number of rotatable bonds is 2. The molecule has 1 fully saturated rings. The zero-order valence-corrected chi connectivity index (χ0v) is 8.21. The van der Waals surface area contributed by atoms with Crippen molar-refractivity contribution in [3.8, 4) is 0 Å². The first-order chi connectivity index (χ1) is 6.92. The number of hydrogen-bond acceptors (Lipinski definition) is 3. The van der Waals surface area contributed by atoms with Crippen molar-refractivity contribution in [2.24, 2.45) is 0 Å². The molecule has 1 aliphatic heterocycles. The van der Waals surface area contributed by atoms with Gasteiger partial charge in [0.25, 0.3) is 0 Å². The fourth-order valence-corrected chi connectivity index (χ4v) is 1.32. The summed E-state index contributed by atoms with van der Waals surface area (Å²) in [5, 5.41) is 0. The molecule has 1 aliphatic rings. The average Bonchev–Trinajstić information content (AvgIpc) is 2.61. The molecule has 0 N–H and O–H groups in total. The lowest BCUT2D eigenvalue weighted by molar-refractivity contribution is -0.162. The summed E-state index contributed by atoms with van der Waals surface area (Å²) in [6.07, 6.45) is -4.90. The van der Waals surface area contributed by atoms with E-state index in [4.69, 9.17) is 4.74 Å². The van der Waals surface area contributed by atoms with E-state index in [2.05, 4.69) is 4.74 Å². The van der Waals surface area contributed by atoms with Gasteiger partial charge in [-0.25, -0.2) is 4.79 Å². The summed E-state index contributed by atoms with van der Waals surface area (Å²) >= 11 is 0. The van der Waals surface area contributed by atoms with Gasteiger partial charge in [-0.05, 0) is 6.42 Å². The first-order valence-corrected chi connectivity index (χ1v) is 4.43. The number of ether oxygens (including phenoxy) is 2. The topological polar surface area (TPSA) is 38.8 Å². The number of likely N-dealkylation sites (tertiary alicyclic amines) is 1. The minimum Gasteiger partial charge on any atom is -0.440 e. The predicted molar refractivity (Wildman–Crippen MR) is 44.4 cm³/mol. The second-order valence-corrected chi connectivity index (χ2v) is 3.26. The molecule has 15 heavy (non-hydrogen) atoms. The summed E-state index contributed by atoms with van der Waals surface area (Å²) in [6, 6.07) is 0. The zero-order chi connectivity index (χ0) is 11.5. The number of halogens is 3. The zero-order valence-electron chi connectivity index (χ0n) is 8.21. The maximum absolute atomic E-state index is 11.7. The number of hydrogen-bond donors (Lipinski definition) is 0. The van der Waals surface area contributed by atoms with Crippen LogP contribution in [0, 0.1) is 0 Å². The van der Waals surface area contributed by atoms with Crippen LogP contribution in [-0.4, -0.2) is 50.1 Å². The minimum absolute atomic E-state index is 0.108. The first kappa shape index (κ1) is 12.1. The highest BCUT2D eigenvalue weighted by molar-refractivity contribution is 5.68. The molecule has 88 valence electrons. The van der Waals surface area contributed by atoms with Gasteiger partial charge in [-0.1, -0.05) is 0 Å². The second-order valence-electron chi connectivity index (χ2n) is 3.26. The second kappa shape index (κ2) is 4.69. The molecule has 1 heterocycles. The standard InChI is InChI=1S/C8H12F3NO3/c1-14-6-2-3-12(4-6)7(13)15-5-8(9,10)11/h6H,2-5H2,1H3. The van der Waals surface area contributed by atoms with Gasteiger partial charge in [-0.15, -0.1) is 0 Å². The Morgan fingerprint density at radius 2 is 2.20 bits per heavy atom. The Morgan fingerprint density at radius 3 is 2.67 bits per heavy atom. The van der Waals surface area contributed by atoms with Crippen LogP contribution >= 0.6 is 0 Å². The molecule has 0 saturated carbocycles. The van der Waals surface area contributed by atoms with Crippen molar-refractivity contribution in [3.63, 3.8) is 0 Å². The van der Waals surface area contributed by atoms with Crippen molar-refractivity contribution in [1.82, 2.24) is 4.90 Å². The highest BCUT2D eigenvalue weighted by Crippen LogP contribution is 2.17. The smallest absolute Gasteiger partial charge is 0.422 e. The molecule has 0 spiro atoms. The number of methoxy groups -OCH3 is 1. The SMILES string of the molecule is COC1CCN(C(=O)OCC(F)(F)F)C1. The quantitative estimate of drug-likeness (QED) is 0.715. The Bertz CT molecular complexity index is 232. The van der Waals surface area contributed by atoms with Crippen LogP contribution in [0.5, 0.6) is 0 Å². The molecule has 1 rings (SSSR count). The van der Waals surface area contributed by atoms with Crippen molar-refractivity contribution < 1.29 is 27.4 Å². The third kappa shape index (κ3) is 3.94. The number of amides is 1. The van der Waals surface area contributed by atoms with E-state index in [1.54, 1.807) is 0 Å². The number of alkyl halides is 3. The molecular formula is C8H12F3NO3. The Hall–Kier alpha value is -0.980. The van der Waals surface area contributed by atoms with Gasteiger partial charge in [0, 0.05) is 13.7 Å². The maximum atomic E-state index is 11.7. The van der Waals surface area contributed by atoms with E-state index in [-0.39, 0.29) is 12.6 Å². The Labute approximate surface area is 84.9 Å². The van der Waals surface area contributed by atoms with Gasteiger partial charge in [-0.2, -0.15) is 13.2 Å². The minimum atomic E-state index is -4.48. The van der Waals surface area contributed by atoms with E-state index in [1.165, 1.54) is 12.0 Å². The van der Waals surface area contributed by atoms with E-state index < -0.39 is 18.9 Å². The Kier molecular flexibility index (Phi) is 3.78. The van der Waals surface area contributed by atoms with Crippen molar-refractivity contribution in [1.29, 1.82) is 0 Å². The molecule has 1 amide bonds. The van der Waals surface area contributed by atoms with Gasteiger partial charge < -0.3 is 14.4 Å². The van der Waals surface area contributed by atoms with Crippen molar-refractivity contribution in [2.75, 3.05) is 26.8 Å². The van der Waals surface area contributed by atoms with Crippen molar-refractivity contribution >= 4 is 6.09 Å². The van der Waals surface area contributed by atoms with E-state index in [0.29, 0.717) is 13.0 Å². The molecule has 7 heteroatoms. The van der Waals surface area contributed by atoms with Crippen LogP contribution < -0.4 is 0 Å². The lowest BCUT2D eigenvalue weighted by Gasteiger charge is -2.16. The molecule has 1 saturated heterocycles. The van der Waals surface area contributed by atoms with Gasteiger partial charge in [0.2, 0.25) is 0 Å². The molecule has 4 nitrogen and oxygen atoms in total. The van der Waals surface area contributed by atoms with E-state index >= 15 is 0 Å². The number of carbonyl (C=O) groups excluding carboxylic acids is 1. The third-order valence-corrected chi connectivity index (χ3v) is 2.10. The van der Waals surface area contributed by atoms with E-state index in [9.17, 15) is 18.0 Å². The Balaban J connectivity index is 2.30. The normalized spacial score (nSPS) is 21.9. The summed E-state index contributed by atoms with van der Waals surface area (Å²) < 4.78 is 44.2. The van der Waals surface area contributed by atoms with Crippen molar-refractivity contribution in [3.05, 3.63) is 0 Å². The van der Waals surface area contributed by atoms with Crippen LogP contribution in [0.25, 0.3) is 0 Å². The molecule has 0 aromatic rings. The van der Waals surface area contributed by atoms with Crippen LogP contribution in [0.4, 0.5) is 18.0 Å². The molecule has 1 atom stereocenters. The third-order valence-electron chi connectivity index (χ3n) is 2.10. The summed E-state index contributed by atoms with van der Waals surface area (Å²) in [5.41, 5.74) is 0. The van der Waals surface area contributed by atoms with Gasteiger partial charge >= 0.3 is 12.3 Å². The lowest BCUT2D eigenvalue weighted by atomic mass is 10.3. The van der Waals surface area contributed by atoms with E-state index in [0.717, 1.165) is 0 Å².